The van der Waals surface area contributed by atoms with Gasteiger partial charge in [-0.15, -0.1) is 23.1 Å². The number of alkyl halides is 2. The molecule has 2 aromatic rings. The Morgan fingerprint density at radius 3 is 3.00 bits per heavy atom. The number of nitrogens with one attached hydrogen (secondary N) is 1. The molecule has 0 spiro atoms. The van der Waals surface area contributed by atoms with E-state index < -0.39 is 6.61 Å². The van der Waals surface area contributed by atoms with Crippen molar-refractivity contribution in [1.82, 2.24) is 0 Å². The molecule has 110 valence electrons. The highest BCUT2D eigenvalue weighted by atomic mass is 32.2. The fourth-order valence-corrected chi connectivity index (χ4v) is 4.38. The number of amides is 1. The molecule has 1 aromatic carbocycles. The van der Waals surface area contributed by atoms with E-state index in [0.29, 0.717) is 5.75 Å². The second kappa shape index (κ2) is 6.03. The first-order valence-electron chi connectivity index (χ1n) is 6.17. The number of thioether (sulfide) groups is 1. The summed E-state index contributed by atoms with van der Waals surface area (Å²) in [6, 6.07) is 8.49. The Kier molecular flexibility index (Phi) is 4.12. The molecule has 1 amide bonds. The summed E-state index contributed by atoms with van der Waals surface area (Å²) in [6.45, 7) is -2.84. The van der Waals surface area contributed by atoms with Crippen molar-refractivity contribution >= 4 is 34.7 Å². The number of fused-ring (bicyclic) bond motifs is 1. The molecule has 1 aromatic heterocycles. The molecule has 0 saturated heterocycles. The standard InChI is InChI=1S/C14H11F2NO2S2/c15-14(16)19-9-3-1-2-8(6-9)12-13-10(4-5-20-13)17-11(18)7-21-12/h1-6,12,14H,7H2,(H,17,18)/t12-/m1/s1. The van der Waals surface area contributed by atoms with Crippen LogP contribution in [0.1, 0.15) is 15.7 Å². The zero-order valence-electron chi connectivity index (χ0n) is 10.7. The number of hydrogen-bond donors (Lipinski definition) is 1. The number of carbonyl (C=O) groups is 1. The third-order valence-electron chi connectivity index (χ3n) is 2.97. The number of ether oxygens (including phenoxy) is 1. The summed E-state index contributed by atoms with van der Waals surface area (Å²) in [7, 11) is 0. The smallest absolute Gasteiger partial charge is 0.387 e. The molecule has 0 unspecified atom stereocenters. The Bertz CT molecular complexity index is 660. The van der Waals surface area contributed by atoms with Crippen LogP contribution in [-0.2, 0) is 4.79 Å². The zero-order chi connectivity index (χ0) is 14.8. The van der Waals surface area contributed by atoms with Gasteiger partial charge in [0.2, 0.25) is 5.91 Å². The van der Waals surface area contributed by atoms with E-state index >= 15 is 0 Å². The monoisotopic (exact) mass is 327 g/mol. The molecular formula is C14H11F2NO2S2. The summed E-state index contributed by atoms with van der Waals surface area (Å²) in [5.74, 6) is 0.401. The molecule has 0 fully saturated rings. The van der Waals surface area contributed by atoms with E-state index in [9.17, 15) is 13.6 Å². The topological polar surface area (TPSA) is 38.3 Å². The van der Waals surface area contributed by atoms with Crippen LogP contribution in [0.2, 0.25) is 0 Å². The van der Waals surface area contributed by atoms with Crippen LogP contribution in [-0.4, -0.2) is 18.3 Å². The summed E-state index contributed by atoms with van der Waals surface area (Å²) in [6.07, 6.45) is 0. The van der Waals surface area contributed by atoms with Gasteiger partial charge in [0.1, 0.15) is 5.75 Å². The van der Waals surface area contributed by atoms with Gasteiger partial charge in [-0.3, -0.25) is 4.79 Å². The predicted octanol–water partition coefficient (Wildman–Crippen LogP) is 4.12. The van der Waals surface area contributed by atoms with Crippen molar-refractivity contribution in [3.8, 4) is 5.75 Å². The van der Waals surface area contributed by atoms with Gasteiger partial charge in [0.25, 0.3) is 0 Å². The maximum Gasteiger partial charge on any atom is 0.387 e. The highest BCUT2D eigenvalue weighted by Crippen LogP contribution is 2.44. The fraction of sp³-hybridized carbons (Fsp3) is 0.214. The van der Waals surface area contributed by atoms with Gasteiger partial charge in [0.15, 0.2) is 0 Å². The van der Waals surface area contributed by atoms with Crippen LogP contribution in [0.3, 0.4) is 0 Å². The Balaban J connectivity index is 1.95. The van der Waals surface area contributed by atoms with Gasteiger partial charge in [0.05, 0.1) is 16.7 Å². The lowest BCUT2D eigenvalue weighted by Gasteiger charge is -2.15. The Hall–Kier alpha value is -1.60. The van der Waals surface area contributed by atoms with Crippen LogP contribution < -0.4 is 10.1 Å². The molecule has 3 nitrogen and oxygen atoms in total. The molecule has 1 atom stereocenters. The summed E-state index contributed by atoms with van der Waals surface area (Å²) >= 11 is 3.01. The van der Waals surface area contributed by atoms with Crippen LogP contribution in [0.4, 0.5) is 14.5 Å². The molecule has 7 heteroatoms. The maximum absolute atomic E-state index is 12.3. The second-order valence-corrected chi connectivity index (χ2v) is 6.43. The van der Waals surface area contributed by atoms with Crippen molar-refractivity contribution < 1.29 is 18.3 Å². The van der Waals surface area contributed by atoms with Crippen LogP contribution >= 0.6 is 23.1 Å². The van der Waals surface area contributed by atoms with E-state index in [4.69, 9.17) is 0 Å². The van der Waals surface area contributed by atoms with E-state index in [1.54, 1.807) is 12.1 Å². The molecule has 21 heavy (non-hydrogen) atoms. The van der Waals surface area contributed by atoms with Gasteiger partial charge in [-0.2, -0.15) is 8.78 Å². The maximum atomic E-state index is 12.3. The number of rotatable bonds is 3. The van der Waals surface area contributed by atoms with Crippen molar-refractivity contribution in [1.29, 1.82) is 0 Å². The summed E-state index contributed by atoms with van der Waals surface area (Å²) in [5, 5.41) is 4.69. The first-order valence-corrected chi connectivity index (χ1v) is 8.10. The lowest BCUT2D eigenvalue weighted by molar-refractivity contribution is -0.113. The number of thiophene rings is 1. The number of benzene rings is 1. The molecule has 1 aliphatic rings. The number of halogens is 2. The summed E-state index contributed by atoms with van der Waals surface area (Å²) in [4.78, 5) is 12.7. The molecule has 0 bridgehead atoms. The molecule has 0 aliphatic carbocycles. The largest absolute Gasteiger partial charge is 0.435 e. The van der Waals surface area contributed by atoms with E-state index in [1.807, 2.05) is 17.5 Å². The highest BCUT2D eigenvalue weighted by molar-refractivity contribution is 8.00. The zero-order valence-corrected chi connectivity index (χ0v) is 12.3. The van der Waals surface area contributed by atoms with Crippen molar-refractivity contribution in [2.75, 3.05) is 11.1 Å². The molecule has 0 radical (unpaired) electrons. The molecule has 1 aliphatic heterocycles. The van der Waals surface area contributed by atoms with E-state index in [0.717, 1.165) is 16.1 Å². The lowest BCUT2D eigenvalue weighted by Crippen LogP contribution is -2.11. The minimum Gasteiger partial charge on any atom is -0.435 e. The molecule has 3 rings (SSSR count). The van der Waals surface area contributed by atoms with E-state index in [-0.39, 0.29) is 16.9 Å². The Morgan fingerprint density at radius 2 is 2.19 bits per heavy atom. The van der Waals surface area contributed by atoms with Gasteiger partial charge in [-0.25, -0.2) is 0 Å². The third-order valence-corrected chi connectivity index (χ3v) is 5.38. The second-order valence-electron chi connectivity index (χ2n) is 4.39. The minimum atomic E-state index is -2.84. The van der Waals surface area contributed by atoms with E-state index in [2.05, 4.69) is 10.1 Å². The predicted molar refractivity (Wildman–Crippen MR) is 80.3 cm³/mol. The number of carbonyl (C=O) groups excluding carboxylic acids is 1. The van der Waals surface area contributed by atoms with Gasteiger partial charge in [-0.05, 0) is 29.1 Å². The lowest BCUT2D eigenvalue weighted by atomic mass is 10.1. The first kappa shape index (κ1) is 14.3. The fourth-order valence-electron chi connectivity index (χ4n) is 2.15. The van der Waals surface area contributed by atoms with E-state index in [1.165, 1.54) is 29.2 Å². The SMILES string of the molecule is O=C1CS[C@H](c2cccc(OC(F)F)c2)c2sccc2N1. The Morgan fingerprint density at radius 1 is 1.33 bits per heavy atom. The average molecular weight is 327 g/mol. The highest BCUT2D eigenvalue weighted by Gasteiger charge is 2.25. The number of anilines is 1. The average Bonchev–Trinajstić information content (AvgIpc) is 2.81. The number of hydrogen-bond acceptors (Lipinski definition) is 4. The van der Waals surface area contributed by atoms with Crippen molar-refractivity contribution in [3.05, 3.63) is 46.2 Å². The quantitative estimate of drug-likeness (QED) is 0.921. The van der Waals surface area contributed by atoms with Gasteiger partial charge < -0.3 is 10.1 Å². The van der Waals surface area contributed by atoms with Crippen LogP contribution in [0, 0.1) is 0 Å². The van der Waals surface area contributed by atoms with Crippen molar-refractivity contribution in [2.24, 2.45) is 0 Å². The van der Waals surface area contributed by atoms with Crippen LogP contribution in [0.5, 0.6) is 5.75 Å². The molecule has 1 N–H and O–H groups in total. The first-order chi connectivity index (χ1) is 10.1. The van der Waals surface area contributed by atoms with Crippen LogP contribution in [0.25, 0.3) is 0 Å². The Labute approximate surface area is 128 Å². The van der Waals surface area contributed by atoms with Gasteiger partial charge in [0, 0.05) is 4.88 Å². The third kappa shape index (κ3) is 3.19. The van der Waals surface area contributed by atoms with Crippen molar-refractivity contribution in [2.45, 2.75) is 11.9 Å². The summed E-state index contributed by atoms with van der Waals surface area (Å²) < 4.78 is 29.1. The van der Waals surface area contributed by atoms with Crippen LogP contribution in [0.15, 0.2) is 35.7 Å². The molecule has 0 saturated carbocycles. The summed E-state index contributed by atoms with van der Waals surface area (Å²) in [5.41, 5.74) is 1.64. The van der Waals surface area contributed by atoms with Gasteiger partial charge >= 0.3 is 6.61 Å². The van der Waals surface area contributed by atoms with Crippen molar-refractivity contribution in [3.63, 3.8) is 0 Å². The normalized spacial score (nSPS) is 18.0. The molecular weight excluding hydrogens is 316 g/mol. The molecule has 2 heterocycles. The minimum absolute atomic E-state index is 0.0536. The van der Waals surface area contributed by atoms with Gasteiger partial charge in [-0.1, -0.05) is 12.1 Å².